The topological polar surface area (TPSA) is 52.6 Å². The van der Waals surface area contributed by atoms with Gasteiger partial charge in [-0.25, -0.2) is 0 Å². The van der Waals surface area contributed by atoms with Gasteiger partial charge in [0.15, 0.2) is 0 Å². The van der Waals surface area contributed by atoms with Gasteiger partial charge in [0.05, 0.1) is 0 Å². The molecular formula is C14H26N2O2. The minimum absolute atomic E-state index is 0.307. The van der Waals surface area contributed by atoms with E-state index in [-0.39, 0.29) is 0 Å². The number of carboxylic acids is 1. The number of piperidine rings is 1. The smallest absolute Gasteiger partial charge is 0.303 e. The highest BCUT2D eigenvalue weighted by atomic mass is 16.4. The van der Waals surface area contributed by atoms with Crippen molar-refractivity contribution in [2.24, 2.45) is 5.92 Å². The lowest BCUT2D eigenvalue weighted by Gasteiger charge is -2.41. The molecule has 3 atom stereocenters. The van der Waals surface area contributed by atoms with Crippen LogP contribution in [0.2, 0.25) is 0 Å². The maximum atomic E-state index is 10.9. The highest BCUT2D eigenvalue weighted by molar-refractivity contribution is 5.67. The Balaban J connectivity index is 1.92. The lowest BCUT2D eigenvalue weighted by Crippen LogP contribution is -2.52. The molecule has 0 aromatic heterocycles. The van der Waals surface area contributed by atoms with Crippen LogP contribution in [0, 0.1) is 5.92 Å². The largest absolute Gasteiger partial charge is 0.481 e. The van der Waals surface area contributed by atoms with E-state index >= 15 is 0 Å². The number of nitrogens with zero attached hydrogens (tertiary/aromatic N) is 1. The van der Waals surface area contributed by atoms with Crippen LogP contribution in [0.4, 0.5) is 0 Å². The molecule has 1 saturated heterocycles. The van der Waals surface area contributed by atoms with Crippen LogP contribution in [0.15, 0.2) is 0 Å². The van der Waals surface area contributed by atoms with Gasteiger partial charge in [-0.1, -0.05) is 6.92 Å². The van der Waals surface area contributed by atoms with E-state index in [4.69, 9.17) is 5.11 Å². The van der Waals surface area contributed by atoms with Crippen molar-refractivity contribution < 1.29 is 9.90 Å². The molecule has 2 rings (SSSR count). The molecule has 1 heterocycles. The van der Waals surface area contributed by atoms with Crippen molar-refractivity contribution in [3.63, 3.8) is 0 Å². The first-order valence-corrected chi connectivity index (χ1v) is 7.30. The van der Waals surface area contributed by atoms with Gasteiger partial charge in [0.2, 0.25) is 0 Å². The summed E-state index contributed by atoms with van der Waals surface area (Å²) in [5.74, 6) is -0.349. The third-order valence-corrected chi connectivity index (χ3v) is 4.29. The minimum atomic E-state index is -0.656. The van der Waals surface area contributed by atoms with Gasteiger partial charge in [-0.15, -0.1) is 0 Å². The second kappa shape index (κ2) is 6.02. The van der Waals surface area contributed by atoms with E-state index in [1.165, 1.54) is 12.8 Å². The Hall–Kier alpha value is -0.610. The molecular weight excluding hydrogens is 228 g/mol. The molecule has 18 heavy (non-hydrogen) atoms. The molecule has 2 N–H and O–H groups in total. The fraction of sp³-hybridized carbons (Fsp3) is 0.929. The molecule has 0 spiro atoms. The van der Waals surface area contributed by atoms with Crippen LogP contribution < -0.4 is 5.32 Å². The Morgan fingerprint density at radius 3 is 2.67 bits per heavy atom. The van der Waals surface area contributed by atoms with Crippen molar-refractivity contribution in [1.82, 2.24) is 10.2 Å². The normalized spacial score (nSPS) is 31.2. The predicted molar refractivity (Wildman–Crippen MR) is 71.6 cm³/mol. The molecule has 4 heteroatoms. The molecule has 0 amide bonds. The van der Waals surface area contributed by atoms with E-state index in [1.54, 1.807) is 0 Å². The first-order valence-electron chi connectivity index (χ1n) is 7.30. The lowest BCUT2D eigenvalue weighted by molar-refractivity contribution is -0.138. The van der Waals surface area contributed by atoms with Gasteiger partial charge < -0.3 is 10.4 Å². The fourth-order valence-electron chi connectivity index (χ4n) is 2.96. The van der Waals surface area contributed by atoms with E-state index in [0.29, 0.717) is 30.5 Å². The van der Waals surface area contributed by atoms with Crippen molar-refractivity contribution in [3.8, 4) is 0 Å². The zero-order valence-corrected chi connectivity index (χ0v) is 11.6. The second-order valence-corrected chi connectivity index (χ2v) is 6.05. The van der Waals surface area contributed by atoms with Crippen molar-refractivity contribution >= 4 is 5.97 Å². The summed E-state index contributed by atoms with van der Waals surface area (Å²) in [5, 5.41) is 12.7. The molecule has 2 aliphatic rings. The van der Waals surface area contributed by atoms with Crippen LogP contribution in [-0.2, 0) is 4.79 Å². The standard InChI is InChI=1S/C14H26N2O2/c1-3-10(2)16-8-11(7-14(17)18)6-13(9-16)15-12-4-5-12/h10-13,15H,3-9H2,1-2H3,(H,17,18). The predicted octanol–water partition coefficient (Wildman–Crippen LogP) is 1.70. The molecule has 1 aliphatic heterocycles. The van der Waals surface area contributed by atoms with E-state index < -0.39 is 5.97 Å². The van der Waals surface area contributed by atoms with Crippen LogP contribution in [-0.4, -0.2) is 47.2 Å². The number of nitrogens with one attached hydrogen (secondary N) is 1. The summed E-state index contributed by atoms with van der Waals surface area (Å²) >= 11 is 0. The highest BCUT2D eigenvalue weighted by Gasteiger charge is 2.33. The summed E-state index contributed by atoms with van der Waals surface area (Å²) in [6, 6.07) is 1.76. The molecule has 2 fully saturated rings. The summed E-state index contributed by atoms with van der Waals surface area (Å²) in [6.45, 7) is 6.48. The average molecular weight is 254 g/mol. The van der Waals surface area contributed by atoms with E-state index in [1.807, 2.05) is 0 Å². The van der Waals surface area contributed by atoms with Crippen LogP contribution in [0.3, 0.4) is 0 Å². The summed E-state index contributed by atoms with van der Waals surface area (Å²) in [5.41, 5.74) is 0. The van der Waals surface area contributed by atoms with Crippen LogP contribution in [0.25, 0.3) is 0 Å². The zero-order chi connectivity index (χ0) is 13.1. The monoisotopic (exact) mass is 254 g/mol. The summed E-state index contributed by atoms with van der Waals surface area (Å²) < 4.78 is 0. The van der Waals surface area contributed by atoms with E-state index in [0.717, 1.165) is 25.9 Å². The molecule has 3 unspecified atom stereocenters. The molecule has 104 valence electrons. The Morgan fingerprint density at radius 1 is 1.39 bits per heavy atom. The highest BCUT2D eigenvalue weighted by Crippen LogP contribution is 2.26. The number of likely N-dealkylation sites (tertiary alicyclic amines) is 1. The van der Waals surface area contributed by atoms with Crippen molar-refractivity contribution in [3.05, 3.63) is 0 Å². The number of hydrogen-bond donors (Lipinski definition) is 2. The van der Waals surface area contributed by atoms with Crippen molar-refractivity contribution in [1.29, 1.82) is 0 Å². The second-order valence-electron chi connectivity index (χ2n) is 6.05. The van der Waals surface area contributed by atoms with Crippen LogP contribution >= 0.6 is 0 Å². The molecule has 4 nitrogen and oxygen atoms in total. The Bertz CT molecular complexity index is 292. The average Bonchev–Trinajstić information content (AvgIpc) is 3.10. The number of aliphatic carboxylic acids is 1. The zero-order valence-electron chi connectivity index (χ0n) is 11.6. The summed E-state index contributed by atoms with van der Waals surface area (Å²) in [6.07, 6.45) is 5.06. The van der Waals surface area contributed by atoms with Crippen LogP contribution in [0.5, 0.6) is 0 Å². The Kier molecular flexibility index (Phi) is 4.62. The van der Waals surface area contributed by atoms with Gasteiger partial charge >= 0.3 is 5.97 Å². The minimum Gasteiger partial charge on any atom is -0.481 e. The summed E-state index contributed by atoms with van der Waals surface area (Å²) in [7, 11) is 0. The van der Waals surface area contributed by atoms with E-state index in [9.17, 15) is 4.79 Å². The first-order chi connectivity index (χ1) is 8.58. The third-order valence-electron chi connectivity index (χ3n) is 4.29. The molecule has 0 radical (unpaired) electrons. The Morgan fingerprint density at radius 2 is 2.11 bits per heavy atom. The van der Waals surface area contributed by atoms with Crippen molar-refractivity contribution in [2.75, 3.05) is 13.1 Å². The van der Waals surface area contributed by atoms with Gasteiger partial charge in [0.1, 0.15) is 0 Å². The van der Waals surface area contributed by atoms with Gasteiger partial charge in [0.25, 0.3) is 0 Å². The van der Waals surface area contributed by atoms with Crippen LogP contribution in [0.1, 0.15) is 46.0 Å². The molecule has 0 bridgehead atoms. The van der Waals surface area contributed by atoms with Gasteiger partial charge in [0, 0.05) is 37.6 Å². The quantitative estimate of drug-likeness (QED) is 0.757. The molecule has 0 aromatic carbocycles. The third kappa shape index (κ3) is 3.95. The number of carboxylic acid groups (broad SMARTS) is 1. The van der Waals surface area contributed by atoms with Gasteiger partial charge in [-0.3, -0.25) is 9.69 Å². The maximum absolute atomic E-state index is 10.9. The molecule has 0 aromatic rings. The summed E-state index contributed by atoms with van der Waals surface area (Å²) in [4.78, 5) is 13.4. The number of carbonyl (C=O) groups is 1. The number of hydrogen-bond acceptors (Lipinski definition) is 3. The Labute approximate surface area is 110 Å². The SMILES string of the molecule is CCC(C)N1CC(CC(=O)O)CC(NC2CC2)C1. The van der Waals surface area contributed by atoms with E-state index in [2.05, 4.69) is 24.1 Å². The van der Waals surface area contributed by atoms with Crippen molar-refractivity contribution in [2.45, 2.75) is 64.1 Å². The fourth-order valence-corrected chi connectivity index (χ4v) is 2.96. The lowest BCUT2D eigenvalue weighted by atomic mass is 9.90. The molecule has 1 saturated carbocycles. The number of rotatable bonds is 6. The first kappa shape index (κ1) is 13.8. The molecule has 1 aliphatic carbocycles. The van der Waals surface area contributed by atoms with Gasteiger partial charge in [-0.2, -0.15) is 0 Å². The maximum Gasteiger partial charge on any atom is 0.303 e. The van der Waals surface area contributed by atoms with Gasteiger partial charge in [-0.05, 0) is 38.5 Å².